The molecule has 0 aliphatic carbocycles. The standard InChI is InChI=1S/C24H22F3N5O3/c1-13-10-32(11-15(12-33)35-13)21-7-18-20(9-29-21)31-23(30-18)19-6-14(8-28-19)22(34)16-4-2-3-5-17(16)24(25,26)27/h2-9,13,15,28,33H,10-12H2,1H3,(H,30,31)/t13-,15-/m1/s1. The van der Waals surface area contributed by atoms with Crippen LogP contribution in [0.15, 0.2) is 48.8 Å². The third kappa shape index (κ3) is 4.52. The molecule has 3 aromatic heterocycles. The number of aromatic nitrogens is 4. The van der Waals surface area contributed by atoms with Gasteiger partial charge in [0, 0.05) is 36.5 Å². The summed E-state index contributed by atoms with van der Waals surface area (Å²) < 4.78 is 45.7. The Hall–Kier alpha value is -3.70. The van der Waals surface area contributed by atoms with E-state index < -0.39 is 23.1 Å². The summed E-state index contributed by atoms with van der Waals surface area (Å²) in [6, 6.07) is 7.99. The van der Waals surface area contributed by atoms with E-state index >= 15 is 0 Å². The van der Waals surface area contributed by atoms with Gasteiger partial charge >= 0.3 is 6.18 Å². The van der Waals surface area contributed by atoms with Crippen molar-refractivity contribution >= 4 is 22.6 Å². The minimum Gasteiger partial charge on any atom is -0.394 e. The number of carbonyl (C=O) groups is 1. The first-order chi connectivity index (χ1) is 16.7. The monoisotopic (exact) mass is 485 g/mol. The molecule has 3 N–H and O–H groups in total. The van der Waals surface area contributed by atoms with Gasteiger partial charge in [0.15, 0.2) is 11.6 Å². The SMILES string of the molecule is C[C@@H]1CN(c2cc3nc(-c4cc(C(=O)c5ccccc5C(F)(F)F)c[nH]4)[nH]c3cn2)C[C@H](CO)O1. The minimum absolute atomic E-state index is 0.0644. The van der Waals surface area contributed by atoms with Crippen molar-refractivity contribution in [1.82, 2.24) is 19.9 Å². The Labute approximate surface area is 197 Å². The van der Waals surface area contributed by atoms with Crippen LogP contribution in [0.1, 0.15) is 28.4 Å². The van der Waals surface area contributed by atoms with Crippen molar-refractivity contribution in [2.75, 3.05) is 24.6 Å². The maximum atomic E-state index is 13.3. The van der Waals surface area contributed by atoms with Gasteiger partial charge in [-0.15, -0.1) is 0 Å². The number of nitrogens with zero attached hydrogens (tertiary/aromatic N) is 3. The molecule has 0 unspecified atom stereocenters. The predicted octanol–water partition coefficient (Wildman–Crippen LogP) is 3.79. The molecular formula is C24H22F3N5O3. The van der Waals surface area contributed by atoms with E-state index in [1.807, 2.05) is 17.9 Å². The van der Waals surface area contributed by atoms with E-state index in [1.54, 1.807) is 6.20 Å². The number of benzene rings is 1. The predicted molar refractivity (Wildman–Crippen MR) is 122 cm³/mol. The number of aliphatic hydroxyl groups excluding tert-OH is 1. The first kappa shape index (κ1) is 23.1. The van der Waals surface area contributed by atoms with E-state index in [9.17, 15) is 23.1 Å². The van der Waals surface area contributed by atoms with E-state index in [0.717, 1.165) is 6.07 Å². The van der Waals surface area contributed by atoms with Crippen LogP contribution in [0.4, 0.5) is 19.0 Å². The van der Waals surface area contributed by atoms with Crippen LogP contribution in [0.25, 0.3) is 22.6 Å². The van der Waals surface area contributed by atoms with Crippen LogP contribution in [-0.4, -0.2) is 62.7 Å². The Balaban J connectivity index is 1.42. The third-order valence-electron chi connectivity index (χ3n) is 5.88. The number of hydrogen-bond donors (Lipinski definition) is 3. The number of anilines is 1. The maximum absolute atomic E-state index is 13.3. The second kappa shape index (κ2) is 8.82. The highest BCUT2D eigenvalue weighted by Gasteiger charge is 2.35. The van der Waals surface area contributed by atoms with Crippen LogP contribution in [-0.2, 0) is 10.9 Å². The van der Waals surface area contributed by atoms with Gasteiger partial charge in [-0.05, 0) is 19.1 Å². The number of alkyl halides is 3. The van der Waals surface area contributed by atoms with Crippen molar-refractivity contribution in [2.45, 2.75) is 25.3 Å². The van der Waals surface area contributed by atoms with Gasteiger partial charge in [-0.25, -0.2) is 9.97 Å². The van der Waals surface area contributed by atoms with Crippen LogP contribution >= 0.6 is 0 Å². The molecule has 4 aromatic rings. The number of rotatable bonds is 5. The zero-order chi connectivity index (χ0) is 24.7. The fraction of sp³-hybridized carbons (Fsp3) is 0.292. The Bertz CT molecular complexity index is 1380. The molecular weight excluding hydrogens is 463 g/mol. The molecule has 0 radical (unpaired) electrons. The lowest BCUT2D eigenvalue weighted by atomic mass is 9.99. The van der Waals surface area contributed by atoms with Crippen LogP contribution in [0, 0.1) is 0 Å². The van der Waals surface area contributed by atoms with Crippen molar-refractivity contribution in [1.29, 1.82) is 0 Å². The smallest absolute Gasteiger partial charge is 0.394 e. The fourth-order valence-corrected chi connectivity index (χ4v) is 4.28. The Morgan fingerprint density at radius 3 is 2.83 bits per heavy atom. The number of fused-ring (bicyclic) bond motifs is 1. The Morgan fingerprint density at radius 1 is 1.26 bits per heavy atom. The van der Waals surface area contributed by atoms with Gasteiger partial charge in [0.2, 0.25) is 0 Å². The van der Waals surface area contributed by atoms with Crippen LogP contribution in [0.2, 0.25) is 0 Å². The number of nitrogens with one attached hydrogen (secondary N) is 2. The van der Waals surface area contributed by atoms with E-state index in [0.29, 0.717) is 41.5 Å². The average molecular weight is 485 g/mol. The fourth-order valence-electron chi connectivity index (χ4n) is 4.28. The summed E-state index contributed by atoms with van der Waals surface area (Å²) in [5, 5.41) is 9.47. The quantitative estimate of drug-likeness (QED) is 0.372. The molecule has 1 aliphatic rings. The van der Waals surface area contributed by atoms with Crippen molar-refractivity contribution in [2.24, 2.45) is 0 Å². The molecule has 0 amide bonds. The molecule has 0 spiro atoms. The lowest BCUT2D eigenvalue weighted by molar-refractivity contribution is -0.137. The third-order valence-corrected chi connectivity index (χ3v) is 5.88. The summed E-state index contributed by atoms with van der Waals surface area (Å²) in [5.41, 5.74) is 0.452. The van der Waals surface area contributed by atoms with Gasteiger partial charge in [-0.3, -0.25) is 4.79 Å². The molecule has 11 heteroatoms. The van der Waals surface area contributed by atoms with E-state index in [4.69, 9.17) is 4.74 Å². The maximum Gasteiger partial charge on any atom is 0.417 e. The van der Waals surface area contributed by atoms with Gasteiger partial charge in [0.1, 0.15) is 5.82 Å². The second-order valence-corrected chi connectivity index (χ2v) is 8.48. The number of imidazole rings is 1. The summed E-state index contributed by atoms with van der Waals surface area (Å²) in [5.74, 6) is 0.376. The summed E-state index contributed by atoms with van der Waals surface area (Å²) in [4.78, 5) is 30.0. The number of pyridine rings is 1. The van der Waals surface area contributed by atoms with Crippen LogP contribution < -0.4 is 4.90 Å². The van der Waals surface area contributed by atoms with Gasteiger partial charge in [-0.1, -0.05) is 18.2 Å². The number of ether oxygens (including phenoxy) is 1. The molecule has 5 rings (SSSR count). The molecule has 4 heterocycles. The van der Waals surface area contributed by atoms with Crippen molar-refractivity contribution in [3.05, 3.63) is 65.5 Å². The number of H-pyrrole nitrogens is 2. The Kier molecular flexibility index (Phi) is 5.81. The van der Waals surface area contributed by atoms with Gasteiger partial charge in [-0.2, -0.15) is 13.2 Å². The second-order valence-electron chi connectivity index (χ2n) is 8.48. The number of morpholine rings is 1. The summed E-state index contributed by atoms with van der Waals surface area (Å²) in [6.07, 6.45) is -1.99. The largest absolute Gasteiger partial charge is 0.417 e. The molecule has 0 saturated carbocycles. The molecule has 0 bridgehead atoms. The van der Waals surface area contributed by atoms with Crippen LogP contribution in [0.3, 0.4) is 0 Å². The first-order valence-corrected chi connectivity index (χ1v) is 11.0. The van der Waals surface area contributed by atoms with Crippen molar-refractivity contribution in [3.63, 3.8) is 0 Å². The molecule has 35 heavy (non-hydrogen) atoms. The Morgan fingerprint density at radius 2 is 2.06 bits per heavy atom. The van der Waals surface area contributed by atoms with Crippen LogP contribution in [0.5, 0.6) is 0 Å². The van der Waals surface area contributed by atoms with E-state index in [-0.39, 0.29) is 24.4 Å². The van der Waals surface area contributed by atoms with Crippen molar-refractivity contribution < 1.29 is 27.8 Å². The highest BCUT2D eigenvalue weighted by atomic mass is 19.4. The van der Waals surface area contributed by atoms with Gasteiger partial charge in [0.05, 0.1) is 47.3 Å². The molecule has 182 valence electrons. The normalized spacial score (nSPS) is 18.8. The zero-order valence-corrected chi connectivity index (χ0v) is 18.6. The number of aliphatic hydroxyl groups is 1. The number of hydrogen-bond acceptors (Lipinski definition) is 6. The lowest BCUT2D eigenvalue weighted by Gasteiger charge is -2.36. The highest BCUT2D eigenvalue weighted by molar-refractivity contribution is 6.10. The molecule has 2 atom stereocenters. The highest BCUT2D eigenvalue weighted by Crippen LogP contribution is 2.33. The molecule has 1 aliphatic heterocycles. The van der Waals surface area contributed by atoms with Gasteiger partial charge < -0.3 is 24.7 Å². The lowest BCUT2D eigenvalue weighted by Crippen LogP contribution is -2.48. The summed E-state index contributed by atoms with van der Waals surface area (Å²) in [6.45, 7) is 2.96. The molecule has 1 fully saturated rings. The zero-order valence-electron chi connectivity index (χ0n) is 18.6. The first-order valence-electron chi connectivity index (χ1n) is 11.0. The summed E-state index contributed by atoms with van der Waals surface area (Å²) in [7, 11) is 0. The van der Waals surface area contributed by atoms with E-state index in [1.165, 1.54) is 30.5 Å². The van der Waals surface area contributed by atoms with Gasteiger partial charge in [0.25, 0.3) is 0 Å². The van der Waals surface area contributed by atoms with E-state index in [2.05, 4.69) is 19.9 Å². The topological polar surface area (TPSA) is 107 Å². The number of carbonyl (C=O) groups excluding carboxylic acids is 1. The summed E-state index contributed by atoms with van der Waals surface area (Å²) >= 11 is 0. The molecule has 1 saturated heterocycles. The number of ketones is 1. The van der Waals surface area contributed by atoms with Crippen molar-refractivity contribution in [3.8, 4) is 11.5 Å². The molecule has 1 aromatic carbocycles. The average Bonchev–Trinajstić information content (AvgIpc) is 3.49. The number of halogens is 3. The number of aromatic amines is 2. The minimum atomic E-state index is -4.63. The molecule has 8 nitrogen and oxygen atoms in total.